The van der Waals surface area contributed by atoms with Crippen molar-refractivity contribution in [3.05, 3.63) is 22.5 Å². The first-order chi connectivity index (χ1) is 8.15. The highest BCUT2D eigenvalue weighted by atomic mass is 35.5. The fourth-order valence-electron chi connectivity index (χ4n) is 1.54. The summed E-state index contributed by atoms with van der Waals surface area (Å²) in [5.74, 6) is -0.169. The molecule has 17 heavy (non-hydrogen) atoms. The highest BCUT2D eigenvalue weighted by Gasteiger charge is 2.23. The standard InChI is InChI=1S/C10H7Cl2FN4/c11-8-6(13)7-5(3-14-8)9(15-4-1-2-4)17-10(12)16-7/h3-4H,1-2H2,(H,15,16,17). The van der Waals surface area contributed by atoms with E-state index in [0.29, 0.717) is 17.2 Å². The summed E-state index contributed by atoms with van der Waals surface area (Å²) in [6.07, 6.45) is 3.60. The van der Waals surface area contributed by atoms with E-state index in [9.17, 15) is 4.39 Å². The highest BCUT2D eigenvalue weighted by Crippen LogP contribution is 2.30. The number of nitrogens with one attached hydrogen (secondary N) is 1. The predicted octanol–water partition coefficient (Wildman–Crippen LogP) is 3.05. The molecule has 1 N–H and O–H groups in total. The monoisotopic (exact) mass is 272 g/mol. The van der Waals surface area contributed by atoms with E-state index in [1.54, 1.807) is 0 Å². The van der Waals surface area contributed by atoms with Gasteiger partial charge in [0.15, 0.2) is 11.0 Å². The number of aromatic nitrogens is 3. The quantitative estimate of drug-likeness (QED) is 0.675. The Morgan fingerprint density at radius 1 is 1.29 bits per heavy atom. The molecule has 1 fully saturated rings. The van der Waals surface area contributed by atoms with Crippen LogP contribution in [0.2, 0.25) is 10.4 Å². The third-order valence-electron chi connectivity index (χ3n) is 2.53. The Bertz CT molecular complexity index is 600. The van der Waals surface area contributed by atoms with E-state index in [4.69, 9.17) is 23.2 Å². The van der Waals surface area contributed by atoms with E-state index in [1.165, 1.54) is 6.20 Å². The molecule has 7 heteroatoms. The van der Waals surface area contributed by atoms with Gasteiger partial charge in [-0.15, -0.1) is 0 Å². The van der Waals surface area contributed by atoms with Crippen molar-refractivity contribution >= 4 is 39.9 Å². The van der Waals surface area contributed by atoms with E-state index in [-0.39, 0.29) is 16.0 Å². The predicted molar refractivity (Wildman–Crippen MR) is 64.0 cm³/mol. The fourth-order valence-corrected chi connectivity index (χ4v) is 1.85. The molecule has 3 rings (SSSR count). The zero-order valence-electron chi connectivity index (χ0n) is 8.54. The molecule has 0 saturated heterocycles. The second-order valence-electron chi connectivity index (χ2n) is 3.89. The molecule has 2 heterocycles. The second kappa shape index (κ2) is 3.92. The zero-order valence-corrected chi connectivity index (χ0v) is 10.1. The van der Waals surface area contributed by atoms with Crippen molar-refractivity contribution in [2.45, 2.75) is 18.9 Å². The fraction of sp³-hybridized carbons (Fsp3) is 0.300. The van der Waals surface area contributed by atoms with Crippen LogP contribution in [-0.4, -0.2) is 21.0 Å². The molecule has 0 unspecified atom stereocenters. The van der Waals surface area contributed by atoms with Gasteiger partial charge in [-0.3, -0.25) is 0 Å². The van der Waals surface area contributed by atoms with E-state index in [0.717, 1.165) is 12.8 Å². The van der Waals surface area contributed by atoms with Crippen LogP contribution in [0, 0.1) is 5.82 Å². The van der Waals surface area contributed by atoms with Crippen LogP contribution in [0.3, 0.4) is 0 Å². The van der Waals surface area contributed by atoms with Crippen molar-refractivity contribution in [1.29, 1.82) is 0 Å². The van der Waals surface area contributed by atoms with Gasteiger partial charge in [-0.1, -0.05) is 11.6 Å². The number of fused-ring (bicyclic) bond motifs is 1. The number of halogens is 3. The first-order valence-electron chi connectivity index (χ1n) is 5.09. The van der Waals surface area contributed by atoms with Crippen LogP contribution in [0.1, 0.15) is 12.8 Å². The van der Waals surface area contributed by atoms with Crippen LogP contribution in [0.15, 0.2) is 6.20 Å². The summed E-state index contributed by atoms with van der Waals surface area (Å²) < 4.78 is 13.7. The Balaban J connectivity index is 2.23. The molecule has 0 amide bonds. The molecular formula is C10H7Cl2FN4. The number of nitrogens with zero attached hydrogens (tertiary/aromatic N) is 3. The molecule has 0 aliphatic heterocycles. The van der Waals surface area contributed by atoms with Gasteiger partial charge < -0.3 is 5.32 Å². The van der Waals surface area contributed by atoms with Crippen molar-refractivity contribution in [3.8, 4) is 0 Å². The Hall–Kier alpha value is -1.20. The van der Waals surface area contributed by atoms with Crippen LogP contribution in [0.25, 0.3) is 10.9 Å². The molecule has 1 aliphatic carbocycles. The summed E-state index contributed by atoms with van der Waals surface area (Å²) in [6, 6.07) is 0.378. The third-order valence-corrected chi connectivity index (χ3v) is 2.97. The number of anilines is 1. The van der Waals surface area contributed by atoms with Crippen LogP contribution >= 0.6 is 23.2 Å². The smallest absolute Gasteiger partial charge is 0.225 e. The maximum Gasteiger partial charge on any atom is 0.225 e. The number of hydrogen-bond acceptors (Lipinski definition) is 4. The topological polar surface area (TPSA) is 50.7 Å². The van der Waals surface area contributed by atoms with E-state index >= 15 is 0 Å². The SMILES string of the molecule is Fc1c(Cl)ncc2c(NC3CC3)nc(Cl)nc12. The lowest BCUT2D eigenvalue weighted by Gasteiger charge is -2.08. The molecule has 4 nitrogen and oxygen atoms in total. The average molecular weight is 273 g/mol. The Labute approximate surface area is 106 Å². The largest absolute Gasteiger partial charge is 0.367 e. The van der Waals surface area contributed by atoms with Crippen LogP contribution < -0.4 is 5.32 Å². The molecule has 0 aromatic carbocycles. The van der Waals surface area contributed by atoms with Crippen molar-refractivity contribution in [2.75, 3.05) is 5.32 Å². The molecule has 1 aliphatic rings. The lowest BCUT2D eigenvalue weighted by molar-refractivity contribution is 0.631. The maximum absolute atomic E-state index is 13.7. The van der Waals surface area contributed by atoms with Gasteiger partial charge in [0.1, 0.15) is 11.3 Å². The minimum absolute atomic E-state index is 0.0122. The highest BCUT2D eigenvalue weighted by molar-refractivity contribution is 6.30. The summed E-state index contributed by atoms with van der Waals surface area (Å²) >= 11 is 11.4. The number of rotatable bonds is 2. The van der Waals surface area contributed by atoms with Gasteiger partial charge >= 0.3 is 0 Å². The summed E-state index contributed by atoms with van der Waals surface area (Å²) in [5, 5.41) is 3.42. The first kappa shape index (κ1) is 10.9. The molecule has 0 spiro atoms. The lowest BCUT2D eigenvalue weighted by Crippen LogP contribution is -2.05. The molecule has 2 aromatic rings. The van der Waals surface area contributed by atoms with Crippen molar-refractivity contribution in [2.24, 2.45) is 0 Å². The molecule has 2 aromatic heterocycles. The van der Waals surface area contributed by atoms with Gasteiger partial charge in [0.05, 0.1) is 5.39 Å². The summed E-state index contributed by atoms with van der Waals surface area (Å²) in [4.78, 5) is 11.6. The minimum Gasteiger partial charge on any atom is -0.367 e. The first-order valence-corrected chi connectivity index (χ1v) is 5.84. The van der Waals surface area contributed by atoms with Gasteiger partial charge in [0, 0.05) is 12.2 Å². The maximum atomic E-state index is 13.7. The minimum atomic E-state index is -0.674. The van der Waals surface area contributed by atoms with Crippen LogP contribution in [0.5, 0.6) is 0 Å². The summed E-state index contributed by atoms with van der Waals surface area (Å²) in [5.41, 5.74) is 0.0909. The van der Waals surface area contributed by atoms with Gasteiger partial charge in [-0.05, 0) is 24.4 Å². The Morgan fingerprint density at radius 3 is 2.76 bits per heavy atom. The summed E-state index contributed by atoms with van der Waals surface area (Å²) in [7, 11) is 0. The van der Waals surface area contributed by atoms with Crippen molar-refractivity contribution < 1.29 is 4.39 Å². The molecule has 0 radical (unpaired) electrons. The summed E-state index contributed by atoms with van der Waals surface area (Å²) in [6.45, 7) is 0. The van der Waals surface area contributed by atoms with Crippen LogP contribution in [0.4, 0.5) is 10.2 Å². The van der Waals surface area contributed by atoms with Gasteiger partial charge in [-0.2, -0.15) is 0 Å². The molecule has 0 bridgehead atoms. The number of pyridine rings is 1. The van der Waals surface area contributed by atoms with Gasteiger partial charge in [-0.25, -0.2) is 19.3 Å². The Morgan fingerprint density at radius 2 is 2.06 bits per heavy atom. The second-order valence-corrected chi connectivity index (χ2v) is 4.58. The molecule has 0 atom stereocenters. The molecule has 88 valence electrons. The van der Waals surface area contributed by atoms with Gasteiger partial charge in [0.2, 0.25) is 5.28 Å². The lowest BCUT2D eigenvalue weighted by atomic mass is 10.3. The normalized spacial score (nSPS) is 15.2. The third kappa shape index (κ3) is 2.00. The average Bonchev–Trinajstić information content (AvgIpc) is 3.08. The van der Waals surface area contributed by atoms with E-state index < -0.39 is 5.82 Å². The zero-order chi connectivity index (χ0) is 12.0. The molecular weight excluding hydrogens is 266 g/mol. The van der Waals surface area contributed by atoms with E-state index in [2.05, 4.69) is 20.3 Å². The molecule has 1 saturated carbocycles. The van der Waals surface area contributed by atoms with E-state index in [1.807, 2.05) is 0 Å². The van der Waals surface area contributed by atoms with Gasteiger partial charge in [0.25, 0.3) is 0 Å². The van der Waals surface area contributed by atoms with Crippen LogP contribution in [-0.2, 0) is 0 Å². The Kier molecular flexibility index (Phi) is 2.52. The number of hydrogen-bond donors (Lipinski definition) is 1. The van der Waals surface area contributed by atoms with Crippen molar-refractivity contribution in [3.63, 3.8) is 0 Å². The van der Waals surface area contributed by atoms with Crippen molar-refractivity contribution in [1.82, 2.24) is 15.0 Å².